The van der Waals surface area contributed by atoms with Gasteiger partial charge in [-0.3, -0.25) is 14.6 Å². The van der Waals surface area contributed by atoms with E-state index in [9.17, 15) is 9.59 Å². The van der Waals surface area contributed by atoms with Crippen molar-refractivity contribution < 1.29 is 9.59 Å². The van der Waals surface area contributed by atoms with Crippen molar-refractivity contribution in [1.82, 2.24) is 10.3 Å². The van der Waals surface area contributed by atoms with E-state index in [4.69, 9.17) is 0 Å². The van der Waals surface area contributed by atoms with Gasteiger partial charge in [-0.15, -0.1) is 0 Å². The van der Waals surface area contributed by atoms with Crippen LogP contribution in [0.5, 0.6) is 0 Å². The van der Waals surface area contributed by atoms with E-state index in [0.29, 0.717) is 24.6 Å². The number of amides is 2. The minimum Gasteiger partial charge on any atom is -0.381 e. The fourth-order valence-corrected chi connectivity index (χ4v) is 2.72. The highest BCUT2D eigenvalue weighted by atomic mass is 16.2. The third-order valence-electron chi connectivity index (χ3n) is 4.22. The Morgan fingerprint density at radius 1 is 1.35 bits per heavy atom. The second kappa shape index (κ2) is 8.50. The van der Waals surface area contributed by atoms with Crippen molar-refractivity contribution in [3.8, 4) is 0 Å². The average Bonchev–Trinajstić information content (AvgIpc) is 2.78. The van der Waals surface area contributed by atoms with Gasteiger partial charge < -0.3 is 16.0 Å². The topological polar surface area (TPSA) is 83.1 Å². The quantitative estimate of drug-likeness (QED) is 0.753. The highest BCUT2D eigenvalue weighted by Crippen LogP contribution is 2.22. The third kappa shape index (κ3) is 4.94. The average molecular weight is 318 g/mol. The van der Waals surface area contributed by atoms with Gasteiger partial charge in [0.05, 0.1) is 17.6 Å². The molecular formula is C17H26N4O2. The van der Waals surface area contributed by atoms with Crippen molar-refractivity contribution in [2.24, 2.45) is 0 Å². The van der Waals surface area contributed by atoms with Crippen LogP contribution in [0.25, 0.3) is 0 Å². The third-order valence-corrected chi connectivity index (χ3v) is 4.22. The maximum atomic E-state index is 12.5. The van der Waals surface area contributed by atoms with Crippen LogP contribution >= 0.6 is 0 Å². The lowest BCUT2D eigenvalue weighted by atomic mass is 10.1. The van der Waals surface area contributed by atoms with Gasteiger partial charge in [0.25, 0.3) is 0 Å². The second-order valence-electron chi connectivity index (χ2n) is 5.93. The highest BCUT2D eigenvalue weighted by Gasteiger charge is 2.23. The molecule has 126 valence electrons. The summed E-state index contributed by atoms with van der Waals surface area (Å²) in [5, 5.41) is 9.13. The van der Waals surface area contributed by atoms with E-state index < -0.39 is 6.04 Å². The highest BCUT2D eigenvalue weighted by molar-refractivity contribution is 5.99. The Hall–Kier alpha value is -2.11. The molecule has 0 aromatic carbocycles. The van der Waals surface area contributed by atoms with Gasteiger partial charge in [-0.2, -0.15) is 0 Å². The SMILES string of the molecule is CCC(CC)Nc1ccncc1NC(=O)C1CCCCC(=O)N1. The van der Waals surface area contributed by atoms with Crippen LogP contribution in [0.3, 0.4) is 0 Å². The van der Waals surface area contributed by atoms with Crippen molar-refractivity contribution >= 4 is 23.2 Å². The van der Waals surface area contributed by atoms with Crippen molar-refractivity contribution in [3.05, 3.63) is 18.5 Å². The molecule has 6 heteroatoms. The Morgan fingerprint density at radius 2 is 2.13 bits per heavy atom. The van der Waals surface area contributed by atoms with Crippen LogP contribution in [0.2, 0.25) is 0 Å². The molecule has 1 unspecified atom stereocenters. The first-order chi connectivity index (χ1) is 11.1. The zero-order chi connectivity index (χ0) is 16.7. The molecule has 2 amide bonds. The fraction of sp³-hybridized carbons (Fsp3) is 0.588. The van der Waals surface area contributed by atoms with E-state index in [2.05, 4.69) is 34.8 Å². The van der Waals surface area contributed by atoms with Gasteiger partial charge >= 0.3 is 0 Å². The lowest BCUT2D eigenvalue weighted by molar-refractivity contribution is -0.125. The summed E-state index contributed by atoms with van der Waals surface area (Å²) >= 11 is 0. The maximum Gasteiger partial charge on any atom is 0.247 e. The molecule has 6 nitrogen and oxygen atoms in total. The van der Waals surface area contributed by atoms with Gasteiger partial charge in [-0.05, 0) is 31.7 Å². The molecule has 1 saturated heterocycles. The number of carbonyl (C=O) groups excluding carboxylic acids is 2. The van der Waals surface area contributed by atoms with Crippen LogP contribution in [0, 0.1) is 0 Å². The number of hydrogen-bond donors (Lipinski definition) is 3. The first-order valence-corrected chi connectivity index (χ1v) is 8.44. The van der Waals surface area contributed by atoms with Crippen LogP contribution in [0.1, 0.15) is 52.4 Å². The van der Waals surface area contributed by atoms with Crippen LogP contribution < -0.4 is 16.0 Å². The van der Waals surface area contributed by atoms with Gasteiger partial charge in [0.1, 0.15) is 6.04 Å². The monoisotopic (exact) mass is 318 g/mol. The molecule has 1 aliphatic heterocycles. The van der Waals surface area contributed by atoms with E-state index in [1.165, 1.54) is 0 Å². The Morgan fingerprint density at radius 3 is 2.87 bits per heavy atom. The molecule has 0 saturated carbocycles. The second-order valence-corrected chi connectivity index (χ2v) is 5.93. The van der Waals surface area contributed by atoms with Crippen molar-refractivity contribution in [1.29, 1.82) is 0 Å². The maximum absolute atomic E-state index is 12.5. The molecule has 0 bridgehead atoms. The lowest BCUT2D eigenvalue weighted by Gasteiger charge is -2.20. The number of nitrogens with one attached hydrogen (secondary N) is 3. The number of hydrogen-bond acceptors (Lipinski definition) is 4. The summed E-state index contributed by atoms with van der Waals surface area (Å²) in [5.41, 5.74) is 1.52. The largest absolute Gasteiger partial charge is 0.381 e. The zero-order valence-corrected chi connectivity index (χ0v) is 13.9. The van der Waals surface area contributed by atoms with E-state index >= 15 is 0 Å². The van der Waals surface area contributed by atoms with Crippen LogP contribution in [-0.2, 0) is 9.59 Å². The summed E-state index contributed by atoms with van der Waals surface area (Å²) in [5.74, 6) is -0.231. The standard InChI is InChI=1S/C17H26N4O2/c1-3-12(4-2)19-13-9-10-18-11-15(13)21-17(23)14-7-5-6-8-16(22)20-14/h9-12,14H,3-8H2,1-2H3,(H,18,19)(H,20,22)(H,21,23). The molecule has 2 rings (SSSR count). The minimum atomic E-state index is -0.466. The predicted octanol–water partition coefficient (Wildman–Crippen LogP) is 2.68. The summed E-state index contributed by atoms with van der Waals surface area (Å²) in [6.45, 7) is 4.25. The van der Waals surface area contributed by atoms with Crippen LogP contribution in [-0.4, -0.2) is 28.9 Å². The van der Waals surface area contributed by atoms with Gasteiger partial charge in [-0.1, -0.05) is 20.3 Å². The fourth-order valence-electron chi connectivity index (χ4n) is 2.72. The molecule has 0 aliphatic carbocycles. The van der Waals surface area contributed by atoms with Gasteiger partial charge in [0.2, 0.25) is 11.8 Å². The number of carbonyl (C=O) groups is 2. The summed E-state index contributed by atoms with van der Waals surface area (Å²) in [6.07, 6.45) is 8.24. The Labute approximate surface area is 137 Å². The smallest absolute Gasteiger partial charge is 0.247 e. The Bertz CT molecular complexity index is 543. The number of aromatic nitrogens is 1. The normalized spacial score (nSPS) is 18.2. The van der Waals surface area contributed by atoms with E-state index in [0.717, 1.165) is 31.4 Å². The van der Waals surface area contributed by atoms with Crippen molar-refractivity contribution in [3.63, 3.8) is 0 Å². The van der Waals surface area contributed by atoms with E-state index in [-0.39, 0.29) is 11.8 Å². The number of anilines is 2. The zero-order valence-electron chi connectivity index (χ0n) is 13.9. The number of rotatable bonds is 6. The molecule has 1 aromatic rings. The number of nitrogens with zero attached hydrogens (tertiary/aromatic N) is 1. The minimum absolute atomic E-state index is 0.0517. The molecule has 0 spiro atoms. The van der Waals surface area contributed by atoms with Crippen molar-refractivity contribution in [2.75, 3.05) is 10.6 Å². The molecular weight excluding hydrogens is 292 g/mol. The molecule has 2 heterocycles. The summed E-state index contributed by atoms with van der Waals surface area (Å²) in [4.78, 5) is 28.2. The van der Waals surface area contributed by atoms with Gasteiger partial charge in [-0.25, -0.2) is 0 Å². The first-order valence-electron chi connectivity index (χ1n) is 8.44. The Balaban J connectivity index is 2.06. The molecule has 1 atom stereocenters. The first kappa shape index (κ1) is 17.2. The summed E-state index contributed by atoms with van der Waals surface area (Å²) in [6, 6.07) is 1.75. The van der Waals surface area contributed by atoms with E-state index in [1.54, 1.807) is 12.4 Å². The summed E-state index contributed by atoms with van der Waals surface area (Å²) in [7, 11) is 0. The van der Waals surface area contributed by atoms with Gasteiger partial charge in [0, 0.05) is 18.7 Å². The van der Waals surface area contributed by atoms with E-state index in [1.807, 2.05) is 6.07 Å². The molecule has 1 aliphatic rings. The predicted molar refractivity (Wildman–Crippen MR) is 91.3 cm³/mol. The molecule has 0 radical (unpaired) electrons. The molecule has 1 aromatic heterocycles. The van der Waals surface area contributed by atoms with Crippen LogP contribution in [0.15, 0.2) is 18.5 Å². The molecule has 23 heavy (non-hydrogen) atoms. The summed E-state index contributed by atoms with van der Waals surface area (Å²) < 4.78 is 0. The van der Waals surface area contributed by atoms with Crippen molar-refractivity contribution in [2.45, 2.75) is 64.5 Å². The number of pyridine rings is 1. The van der Waals surface area contributed by atoms with Gasteiger partial charge in [0.15, 0.2) is 0 Å². The molecule has 3 N–H and O–H groups in total. The molecule has 1 fully saturated rings. The lowest BCUT2D eigenvalue weighted by Crippen LogP contribution is -2.42. The Kier molecular flexibility index (Phi) is 6.38. The van der Waals surface area contributed by atoms with Crippen LogP contribution in [0.4, 0.5) is 11.4 Å².